The van der Waals surface area contributed by atoms with Gasteiger partial charge >= 0.3 is 5.69 Å². The number of thioether (sulfide) groups is 1. The lowest BCUT2D eigenvalue weighted by molar-refractivity contribution is 0.0914. The predicted molar refractivity (Wildman–Crippen MR) is 110 cm³/mol. The normalized spacial score (nSPS) is 12.4. The summed E-state index contributed by atoms with van der Waals surface area (Å²) in [4.78, 5) is 31.0. The van der Waals surface area contributed by atoms with Gasteiger partial charge in [0.05, 0.1) is 6.54 Å². The van der Waals surface area contributed by atoms with Gasteiger partial charge in [-0.1, -0.05) is 30.3 Å². The first-order valence-electron chi connectivity index (χ1n) is 8.79. The topological polar surface area (TPSA) is 102 Å². The van der Waals surface area contributed by atoms with Crippen LogP contribution in [0.1, 0.15) is 13.3 Å². The molecular formula is C18H21ClN4O4S. The summed E-state index contributed by atoms with van der Waals surface area (Å²) < 4.78 is 8.52. The summed E-state index contributed by atoms with van der Waals surface area (Å²) in [5.41, 5.74) is -0.509. The molecule has 0 fully saturated rings. The Morgan fingerprint density at radius 3 is 2.71 bits per heavy atom. The lowest BCUT2D eigenvalue weighted by atomic mass is 10.3. The second-order valence-electron chi connectivity index (χ2n) is 6.26. The Hall–Kier alpha value is -2.23. The van der Waals surface area contributed by atoms with Gasteiger partial charge in [0, 0.05) is 17.8 Å². The fourth-order valence-corrected chi connectivity index (χ4v) is 3.66. The van der Waals surface area contributed by atoms with Crippen LogP contribution >= 0.6 is 23.4 Å². The van der Waals surface area contributed by atoms with E-state index in [1.165, 1.54) is 16.3 Å². The molecule has 0 aliphatic rings. The van der Waals surface area contributed by atoms with E-state index in [0.29, 0.717) is 15.9 Å². The van der Waals surface area contributed by atoms with Crippen molar-refractivity contribution in [3.63, 3.8) is 0 Å². The molecule has 0 aliphatic heterocycles. The number of hydrogen-bond acceptors (Lipinski definition) is 6. The van der Waals surface area contributed by atoms with Crippen LogP contribution < -0.4 is 16.0 Å². The van der Waals surface area contributed by atoms with Crippen molar-refractivity contribution >= 4 is 34.5 Å². The minimum atomic E-state index is -0.884. The number of imidazole rings is 1. The van der Waals surface area contributed by atoms with E-state index in [0.717, 1.165) is 12.2 Å². The molecular weight excluding hydrogens is 404 g/mol. The summed E-state index contributed by atoms with van der Waals surface area (Å²) in [6.45, 7) is 2.18. The third-order valence-electron chi connectivity index (χ3n) is 4.06. The van der Waals surface area contributed by atoms with E-state index in [1.807, 2.05) is 6.92 Å². The molecule has 1 aromatic carbocycles. The highest BCUT2D eigenvalue weighted by atomic mass is 35.5. The number of aromatic amines is 1. The van der Waals surface area contributed by atoms with E-state index in [4.69, 9.17) is 16.3 Å². The second kappa shape index (κ2) is 8.85. The number of fused-ring (bicyclic) bond motifs is 1. The van der Waals surface area contributed by atoms with Crippen LogP contribution in [-0.4, -0.2) is 42.7 Å². The molecule has 0 saturated carbocycles. The highest BCUT2D eigenvalue weighted by Gasteiger charge is 2.20. The Balaban J connectivity index is 1.87. The van der Waals surface area contributed by atoms with Gasteiger partial charge in [-0.3, -0.25) is 14.3 Å². The number of aliphatic hydroxyl groups excluding tert-OH is 1. The monoisotopic (exact) mass is 424 g/mol. The van der Waals surface area contributed by atoms with Crippen LogP contribution in [-0.2, 0) is 13.6 Å². The maximum Gasteiger partial charge on any atom is 0.329 e. The first-order valence-corrected chi connectivity index (χ1v) is 10.2. The van der Waals surface area contributed by atoms with Crippen molar-refractivity contribution in [2.75, 3.05) is 12.4 Å². The first kappa shape index (κ1) is 20.5. The molecule has 28 heavy (non-hydrogen) atoms. The number of nitrogens with zero attached hydrogens (tertiary/aromatic N) is 3. The number of aryl methyl sites for hydroxylation is 1. The molecule has 0 unspecified atom stereocenters. The molecule has 8 nitrogen and oxygen atoms in total. The molecule has 10 heteroatoms. The molecule has 3 aromatic rings. The molecule has 3 rings (SSSR count). The Kier molecular flexibility index (Phi) is 6.48. The van der Waals surface area contributed by atoms with Crippen molar-refractivity contribution in [1.29, 1.82) is 0 Å². The van der Waals surface area contributed by atoms with Crippen molar-refractivity contribution in [2.45, 2.75) is 31.1 Å². The molecule has 2 N–H and O–H groups in total. The fraction of sp³-hybridized carbons (Fsp3) is 0.389. The minimum absolute atomic E-state index is 0.0306. The summed E-state index contributed by atoms with van der Waals surface area (Å²) in [7, 11) is 1.55. The van der Waals surface area contributed by atoms with Crippen LogP contribution in [0.25, 0.3) is 11.2 Å². The summed E-state index contributed by atoms with van der Waals surface area (Å²) in [5, 5.41) is 11.6. The van der Waals surface area contributed by atoms with Gasteiger partial charge in [-0.2, -0.15) is 0 Å². The third kappa shape index (κ3) is 4.43. The van der Waals surface area contributed by atoms with Gasteiger partial charge in [0.2, 0.25) is 0 Å². The highest BCUT2D eigenvalue weighted by molar-refractivity contribution is 7.99. The molecule has 0 amide bonds. The third-order valence-corrected chi connectivity index (χ3v) is 5.49. The van der Waals surface area contributed by atoms with Gasteiger partial charge in [0.15, 0.2) is 16.3 Å². The van der Waals surface area contributed by atoms with E-state index >= 15 is 0 Å². The summed E-state index contributed by atoms with van der Waals surface area (Å²) in [5.74, 6) is 1.38. The van der Waals surface area contributed by atoms with Gasteiger partial charge in [-0.15, -0.1) is 0 Å². The van der Waals surface area contributed by atoms with E-state index in [-0.39, 0.29) is 24.3 Å². The number of halogens is 1. The van der Waals surface area contributed by atoms with Gasteiger partial charge in [0.1, 0.15) is 18.5 Å². The van der Waals surface area contributed by atoms with E-state index in [9.17, 15) is 14.7 Å². The van der Waals surface area contributed by atoms with Crippen LogP contribution in [0.3, 0.4) is 0 Å². The highest BCUT2D eigenvalue weighted by Crippen LogP contribution is 2.23. The zero-order chi connectivity index (χ0) is 20.3. The number of ether oxygens (including phenoxy) is 1. The summed E-state index contributed by atoms with van der Waals surface area (Å²) in [6.07, 6.45) is 0.0384. The Morgan fingerprint density at radius 1 is 1.32 bits per heavy atom. The van der Waals surface area contributed by atoms with E-state index in [1.54, 1.807) is 35.9 Å². The zero-order valence-electron chi connectivity index (χ0n) is 15.5. The summed E-state index contributed by atoms with van der Waals surface area (Å²) in [6, 6.07) is 6.83. The van der Waals surface area contributed by atoms with Crippen LogP contribution in [0.4, 0.5) is 0 Å². The molecule has 0 radical (unpaired) electrons. The maximum absolute atomic E-state index is 12.4. The smallest absolute Gasteiger partial charge is 0.329 e. The molecule has 0 spiro atoms. The van der Waals surface area contributed by atoms with Crippen LogP contribution in [0.15, 0.2) is 39.0 Å². The van der Waals surface area contributed by atoms with Gasteiger partial charge in [-0.05, 0) is 30.7 Å². The molecule has 2 aromatic heterocycles. The fourth-order valence-electron chi connectivity index (χ4n) is 2.67. The minimum Gasteiger partial charge on any atom is -0.491 e. The van der Waals surface area contributed by atoms with Crippen molar-refractivity contribution in [1.82, 2.24) is 19.1 Å². The van der Waals surface area contributed by atoms with Crippen molar-refractivity contribution in [3.8, 4) is 5.75 Å². The number of rotatable bonds is 8. The first-order chi connectivity index (χ1) is 13.4. The van der Waals surface area contributed by atoms with Crippen molar-refractivity contribution < 1.29 is 9.84 Å². The lowest BCUT2D eigenvalue weighted by Gasteiger charge is -2.15. The number of hydrogen-bond donors (Lipinski definition) is 2. The van der Waals surface area contributed by atoms with Crippen LogP contribution in [0.5, 0.6) is 5.75 Å². The number of H-pyrrole nitrogens is 1. The Labute approximate surface area is 170 Å². The number of aliphatic hydroxyl groups is 1. The molecule has 0 bridgehead atoms. The number of aromatic nitrogens is 4. The second-order valence-corrected chi connectivity index (χ2v) is 7.76. The molecule has 0 aliphatic carbocycles. The molecule has 0 saturated heterocycles. The van der Waals surface area contributed by atoms with Crippen LogP contribution in [0, 0.1) is 0 Å². The molecule has 2 heterocycles. The van der Waals surface area contributed by atoms with Gasteiger partial charge < -0.3 is 14.4 Å². The maximum atomic E-state index is 12.4. The Morgan fingerprint density at radius 2 is 2.04 bits per heavy atom. The largest absolute Gasteiger partial charge is 0.491 e. The average Bonchev–Trinajstić information content (AvgIpc) is 3.03. The Bertz CT molecular complexity index is 1070. The quantitative estimate of drug-likeness (QED) is 0.536. The SMILES string of the molecule is CCCSc1nc2c(c(=O)[nH]c(=O)n2C)n1C[C@H](O)COc1ccc(Cl)cc1. The summed E-state index contributed by atoms with van der Waals surface area (Å²) >= 11 is 7.32. The number of benzene rings is 1. The predicted octanol–water partition coefficient (Wildman–Crippen LogP) is 2.02. The van der Waals surface area contributed by atoms with Crippen LogP contribution in [0.2, 0.25) is 5.02 Å². The number of nitrogens with one attached hydrogen (secondary N) is 1. The van der Waals surface area contributed by atoms with E-state index < -0.39 is 17.4 Å². The lowest BCUT2D eigenvalue weighted by Crippen LogP contribution is -2.30. The van der Waals surface area contributed by atoms with Crippen molar-refractivity contribution in [2.24, 2.45) is 7.05 Å². The standard InChI is InChI=1S/C18H21ClN4O4S/c1-3-8-28-18-20-15-14(16(25)21-17(26)22(15)2)23(18)9-12(24)10-27-13-6-4-11(19)5-7-13/h4-7,12,24H,3,8-10H2,1-2H3,(H,21,25,26)/t12-/m0/s1. The van der Waals surface area contributed by atoms with Gasteiger partial charge in [0.25, 0.3) is 5.56 Å². The molecule has 1 atom stereocenters. The van der Waals surface area contributed by atoms with E-state index in [2.05, 4.69) is 9.97 Å². The van der Waals surface area contributed by atoms with Crippen molar-refractivity contribution in [3.05, 3.63) is 50.1 Å². The average molecular weight is 425 g/mol. The molecule has 150 valence electrons. The zero-order valence-corrected chi connectivity index (χ0v) is 17.1. The van der Waals surface area contributed by atoms with Gasteiger partial charge in [-0.25, -0.2) is 9.78 Å².